The maximum absolute atomic E-state index is 6.06. The van der Waals surface area contributed by atoms with Crippen molar-refractivity contribution in [2.24, 2.45) is 11.8 Å². The van der Waals surface area contributed by atoms with E-state index in [0.717, 1.165) is 17.6 Å². The van der Waals surface area contributed by atoms with E-state index in [9.17, 15) is 0 Å². The smallest absolute Gasteiger partial charge is 0.0732 e. The van der Waals surface area contributed by atoms with Gasteiger partial charge in [-0.25, -0.2) is 0 Å². The minimum Gasteiger partial charge on any atom is -0.372 e. The Morgan fingerprint density at radius 3 is 2.37 bits per heavy atom. The van der Waals surface area contributed by atoms with E-state index < -0.39 is 0 Å². The van der Waals surface area contributed by atoms with Crippen LogP contribution >= 0.6 is 15.9 Å². The monoisotopic (exact) mass is 327 g/mol. The van der Waals surface area contributed by atoms with Crippen molar-refractivity contribution in [3.63, 3.8) is 0 Å². The van der Waals surface area contributed by atoms with Gasteiger partial charge in [-0.05, 0) is 30.0 Å². The van der Waals surface area contributed by atoms with Gasteiger partial charge in [0.2, 0.25) is 0 Å². The molecule has 1 unspecified atom stereocenters. The maximum atomic E-state index is 6.06. The summed E-state index contributed by atoms with van der Waals surface area (Å²) in [7, 11) is 0. The quantitative estimate of drug-likeness (QED) is 0.771. The van der Waals surface area contributed by atoms with Crippen LogP contribution in [0.25, 0.3) is 0 Å². The predicted octanol–water partition coefficient (Wildman–Crippen LogP) is 4.24. The Labute approximate surface area is 126 Å². The zero-order valence-electron chi connectivity index (χ0n) is 12.4. The van der Waals surface area contributed by atoms with E-state index in [4.69, 9.17) is 4.74 Å². The molecule has 1 rings (SSSR count). The van der Waals surface area contributed by atoms with Crippen molar-refractivity contribution in [1.29, 1.82) is 0 Å². The molecule has 1 aromatic carbocycles. The average Bonchev–Trinajstić information content (AvgIpc) is 2.34. The molecule has 0 radical (unpaired) electrons. The lowest BCUT2D eigenvalue weighted by Crippen LogP contribution is -2.34. The summed E-state index contributed by atoms with van der Waals surface area (Å²) in [5.74, 6) is 1.19. The van der Waals surface area contributed by atoms with E-state index in [0.29, 0.717) is 18.4 Å². The first-order valence-electron chi connectivity index (χ1n) is 7.06. The Morgan fingerprint density at radius 2 is 1.79 bits per heavy atom. The topological polar surface area (TPSA) is 21.3 Å². The summed E-state index contributed by atoms with van der Waals surface area (Å²) in [6.45, 7) is 11.5. The van der Waals surface area contributed by atoms with E-state index in [-0.39, 0.29) is 6.10 Å². The van der Waals surface area contributed by atoms with Crippen molar-refractivity contribution in [3.05, 3.63) is 34.3 Å². The molecule has 0 bridgehead atoms. The van der Waals surface area contributed by atoms with Gasteiger partial charge in [0.25, 0.3) is 0 Å². The van der Waals surface area contributed by atoms with Gasteiger partial charge in [0.15, 0.2) is 0 Å². The molecular weight excluding hydrogens is 302 g/mol. The molecule has 0 saturated heterocycles. The van der Waals surface area contributed by atoms with E-state index in [1.165, 1.54) is 5.56 Å². The summed E-state index contributed by atoms with van der Waals surface area (Å²) in [5, 5.41) is 3.48. The zero-order valence-corrected chi connectivity index (χ0v) is 14.0. The molecule has 0 aliphatic heterocycles. The summed E-state index contributed by atoms with van der Waals surface area (Å²) in [4.78, 5) is 0. The first-order valence-corrected chi connectivity index (χ1v) is 7.85. The molecule has 0 aromatic heterocycles. The van der Waals surface area contributed by atoms with Crippen LogP contribution in [0.5, 0.6) is 0 Å². The molecule has 108 valence electrons. The Kier molecular flexibility index (Phi) is 7.66. The van der Waals surface area contributed by atoms with E-state index in [1.54, 1.807) is 0 Å². The fraction of sp³-hybridized carbons (Fsp3) is 0.625. The molecule has 0 spiro atoms. The maximum Gasteiger partial charge on any atom is 0.0732 e. The van der Waals surface area contributed by atoms with Crippen LogP contribution in [0, 0.1) is 11.8 Å². The summed E-state index contributed by atoms with van der Waals surface area (Å²) in [6.07, 6.45) is 0.255. The molecule has 0 fully saturated rings. The lowest BCUT2D eigenvalue weighted by molar-refractivity contribution is 0.0108. The highest BCUT2D eigenvalue weighted by molar-refractivity contribution is 9.10. The van der Waals surface area contributed by atoms with Crippen molar-refractivity contribution < 1.29 is 4.74 Å². The minimum atomic E-state index is 0.255. The largest absolute Gasteiger partial charge is 0.372 e. The van der Waals surface area contributed by atoms with Gasteiger partial charge in [-0.1, -0.05) is 61.8 Å². The highest BCUT2D eigenvalue weighted by Gasteiger charge is 2.14. The number of benzene rings is 1. The molecular formula is C16H26BrNO. The van der Waals surface area contributed by atoms with Crippen molar-refractivity contribution >= 4 is 15.9 Å². The van der Waals surface area contributed by atoms with Crippen molar-refractivity contribution in [3.8, 4) is 0 Å². The van der Waals surface area contributed by atoms with Crippen LogP contribution in [0.15, 0.2) is 28.7 Å². The van der Waals surface area contributed by atoms with Crippen LogP contribution in [-0.4, -0.2) is 19.2 Å². The van der Waals surface area contributed by atoms with Gasteiger partial charge in [-0.2, -0.15) is 0 Å². The standard InChI is InChI=1S/C16H26BrNO/c1-12(2)9-18-10-16(13(3)4)19-11-14-7-5-6-8-15(14)17/h5-8,12-13,16,18H,9-11H2,1-4H3. The molecule has 0 heterocycles. The molecule has 2 nitrogen and oxygen atoms in total. The Hall–Kier alpha value is -0.380. The van der Waals surface area contributed by atoms with Gasteiger partial charge in [0.1, 0.15) is 0 Å². The van der Waals surface area contributed by atoms with E-state index >= 15 is 0 Å². The SMILES string of the molecule is CC(C)CNCC(OCc1ccccc1Br)C(C)C. The van der Waals surface area contributed by atoms with Crippen molar-refractivity contribution in [2.45, 2.75) is 40.4 Å². The number of ether oxygens (including phenoxy) is 1. The lowest BCUT2D eigenvalue weighted by atomic mass is 10.1. The Morgan fingerprint density at radius 1 is 1.11 bits per heavy atom. The lowest BCUT2D eigenvalue weighted by Gasteiger charge is -2.23. The number of halogens is 1. The molecule has 3 heteroatoms. The third-order valence-corrected chi connectivity index (χ3v) is 3.83. The number of hydrogen-bond acceptors (Lipinski definition) is 2. The van der Waals surface area contributed by atoms with Gasteiger partial charge in [0, 0.05) is 11.0 Å². The van der Waals surface area contributed by atoms with Crippen LogP contribution < -0.4 is 5.32 Å². The first-order chi connectivity index (χ1) is 9.00. The van der Waals surface area contributed by atoms with Gasteiger partial charge in [-0.15, -0.1) is 0 Å². The molecule has 1 aromatic rings. The molecule has 1 N–H and O–H groups in total. The summed E-state index contributed by atoms with van der Waals surface area (Å²) in [6, 6.07) is 8.23. The van der Waals surface area contributed by atoms with Crippen LogP contribution in [-0.2, 0) is 11.3 Å². The number of hydrogen-bond donors (Lipinski definition) is 1. The van der Waals surface area contributed by atoms with Crippen molar-refractivity contribution in [2.75, 3.05) is 13.1 Å². The fourth-order valence-corrected chi connectivity index (χ4v) is 2.21. The average molecular weight is 328 g/mol. The highest BCUT2D eigenvalue weighted by atomic mass is 79.9. The Bertz CT molecular complexity index is 366. The van der Waals surface area contributed by atoms with Gasteiger partial charge in [-0.3, -0.25) is 0 Å². The normalized spacial score (nSPS) is 13.2. The van der Waals surface area contributed by atoms with Crippen molar-refractivity contribution in [1.82, 2.24) is 5.32 Å². The van der Waals surface area contributed by atoms with Crippen LogP contribution in [0.2, 0.25) is 0 Å². The molecule has 0 aliphatic carbocycles. The predicted molar refractivity (Wildman–Crippen MR) is 85.3 cm³/mol. The van der Waals surface area contributed by atoms with Gasteiger partial charge in [0.05, 0.1) is 12.7 Å². The molecule has 0 amide bonds. The molecule has 1 atom stereocenters. The second-order valence-corrected chi connectivity index (χ2v) is 6.59. The van der Waals surface area contributed by atoms with E-state index in [1.807, 2.05) is 12.1 Å². The van der Waals surface area contributed by atoms with E-state index in [2.05, 4.69) is 61.1 Å². The third-order valence-electron chi connectivity index (χ3n) is 3.05. The van der Waals surface area contributed by atoms with Gasteiger partial charge < -0.3 is 10.1 Å². The molecule has 0 saturated carbocycles. The molecule has 19 heavy (non-hydrogen) atoms. The molecule has 0 aliphatic rings. The zero-order chi connectivity index (χ0) is 14.3. The Balaban J connectivity index is 2.43. The summed E-state index contributed by atoms with van der Waals surface area (Å²) in [5.41, 5.74) is 1.21. The van der Waals surface area contributed by atoms with Gasteiger partial charge >= 0.3 is 0 Å². The van der Waals surface area contributed by atoms with Crippen LogP contribution in [0.4, 0.5) is 0 Å². The highest BCUT2D eigenvalue weighted by Crippen LogP contribution is 2.18. The second kappa shape index (κ2) is 8.72. The summed E-state index contributed by atoms with van der Waals surface area (Å²) < 4.78 is 7.18. The first kappa shape index (κ1) is 16.7. The summed E-state index contributed by atoms with van der Waals surface area (Å²) >= 11 is 3.56. The number of rotatable bonds is 8. The van der Waals surface area contributed by atoms with Crippen LogP contribution in [0.1, 0.15) is 33.3 Å². The number of nitrogens with one attached hydrogen (secondary N) is 1. The minimum absolute atomic E-state index is 0.255. The fourth-order valence-electron chi connectivity index (χ4n) is 1.81. The van der Waals surface area contributed by atoms with Crippen LogP contribution in [0.3, 0.4) is 0 Å². The second-order valence-electron chi connectivity index (χ2n) is 5.74. The third kappa shape index (κ3) is 6.55.